The standard InChI is InChI=1S/C19H22N2O3S/c1-11-6-5-7-13(12(11)2)8-14-9-16(22)21-15(19(23)24)10-25-18(21)17(14)20(3)4/h5-7,9,15H,8,10H2,1-4H3,(H,23,24)/t15-/m0/s1. The highest BCUT2D eigenvalue weighted by Gasteiger charge is 2.33. The molecule has 0 amide bonds. The van der Waals surface area contributed by atoms with E-state index in [2.05, 4.69) is 26.0 Å². The summed E-state index contributed by atoms with van der Waals surface area (Å²) in [5, 5.41) is 10.2. The van der Waals surface area contributed by atoms with E-state index in [1.54, 1.807) is 6.07 Å². The Labute approximate surface area is 151 Å². The lowest BCUT2D eigenvalue weighted by molar-refractivity contribution is -0.140. The minimum atomic E-state index is -0.958. The number of anilines is 1. The van der Waals surface area contributed by atoms with Crippen molar-refractivity contribution in [3.8, 4) is 0 Å². The number of aromatic nitrogens is 1. The van der Waals surface area contributed by atoms with Crippen molar-refractivity contribution in [3.05, 3.63) is 56.9 Å². The van der Waals surface area contributed by atoms with Crippen molar-refractivity contribution >= 4 is 23.4 Å². The van der Waals surface area contributed by atoms with E-state index in [1.165, 1.54) is 33.0 Å². The maximum atomic E-state index is 12.6. The maximum Gasteiger partial charge on any atom is 0.327 e. The number of thioether (sulfide) groups is 1. The Morgan fingerprint density at radius 3 is 2.68 bits per heavy atom. The smallest absolute Gasteiger partial charge is 0.327 e. The van der Waals surface area contributed by atoms with Crippen molar-refractivity contribution in [3.63, 3.8) is 0 Å². The van der Waals surface area contributed by atoms with E-state index in [0.717, 1.165) is 16.3 Å². The van der Waals surface area contributed by atoms with Crippen molar-refractivity contribution in [2.75, 3.05) is 24.7 Å². The first-order valence-electron chi connectivity index (χ1n) is 8.17. The predicted molar refractivity (Wildman–Crippen MR) is 101 cm³/mol. The fourth-order valence-corrected chi connectivity index (χ4v) is 4.72. The molecule has 0 bridgehead atoms. The van der Waals surface area contributed by atoms with Crippen molar-refractivity contribution in [2.24, 2.45) is 0 Å². The molecule has 0 fully saturated rings. The second-order valence-electron chi connectivity index (χ2n) is 6.63. The van der Waals surface area contributed by atoms with Crippen LogP contribution < -0.4 is 10.5 Å². The highest BCUT2D eigenvalue weighted by molar-refractivity contribution is 7.99. The lowest BCUT2D eigenvalue weighted by Gasteiger charge is -2.22. The fourth-order valence-electron chi connectivity index (χ4n) is 3.31. The minimum absolute atomic E-state index is 0.238. The summed E-state index contributed by atoms with van der Waals surface area (Å²) in [6.07, 6.45) is 0.655. The second-order valence-corrected chi connectivity index (χ2v) is 7.64. The molecule has 1 aromatic heterocycles. The van der Waals surface area contributed by atoms with E-state index in [9.17, 15) is 14.7 Å². The molecule has 0 radical (unpaired) electrons. The Hall–Kier alpha value is -2.21. The van der Waals surface area contributed by atoms with Gasteiger partial charge in [0.2, 0.25) is 0 Å². The maximum absolute atomic E-state index is 12.6. The molecule has 0 saturated carbocycles. The molecule has 0 spiro atoms. The van der Waals surface area contributed by atoms with Gasteiger partial charge in [0.15, 0.2) is 0 Å². The van der Waals surface area contributed by atoms with Gasteiger partial charge in [-0.05, 0) is 36.1 Å². The summed E-state index contributed by atoms with van der Waals surface area (Å²) >= 11 is 1.45. The van der Waals surface area contributed by atoms with Gasteiger partial charge in [0, 0.05) is 32.3 Å². The number of carboxylic acid groups (broad SMARTS) is 1. The van der Waals surface area contributed by atoms with Crippen LogP contribution in [-0.4, -0.2) is 35.5 Å². The average Bonchev–Trinajstić information content (AvgIpc) is 2.97. The van der Waals surface area contributed by atoms with E-state index in [1.807, 2.05) is 25.1 Å². The molecule has 132 valence electrons. The Balaban J connectivity index is 2.16. The van der Waals surface area contributed by atoms with Gasteiger partial charge in [-0.1, -0.05) is 18.2 Å². The van der Waals surface area contributed by atoms with Gasteiger partial charge >= 0.3 is 5.97 Å². The van der Waals surface area contributed by atoms with E-state index in [0.29, 0.717) is 12.2 Å². The number of benzene rings is 1. The van der Waals surface area contributed by atoms with Crippen LogP contribution in [0.3, 0.4) is 0 Å². The van der Waals surface area contributed by atoms with Crippen LogP contribution in [0.25, 0.3) is 0 Å². The molecule has 1 atom stereocenters. The van der Waals surface area contributed by atoms with E-state index < -0.39 is 12.0 Å². The van der Waals surface area contributed by atoms with Gasteiger partial charge in [-0.3, -0.25) is 9.36 Å². The van der Waals surface area contributed by atoms with Crippen LogP contribution >= 0.6 is 11.8 Å². The van der Waals surface area contributed by atoms with E-state index in [4.69, 9.17) is 0 Å². The van der Waals surface area contributed by atoms with Crippen molar-refractivity contribution in [1.29, 1.82) is 0 Å². The molecule has 6 heteroatoms. The number of hydrogen-bond donors (Lipinski definition) is 1. The SMILES string of the molecule is Cc1cccc(Cc2cc(=O)n3c(c2N(C)C)SC[C@H]3C(=O)O)c1C. The normalized spacial score (nSPS) is 15.9. The Morgan fingerprint density at radius 1 is 1.32 bits per heavy atom. The average molecular weight is 358 g/mol. The third kappa shape index (κ3) is 3.06. The lowest BCUT2D eigenvalue weighted by Crippen LogP contribution is -2.30. The number of hydrogen-bond acceptors (Lipinski definition) is 4. The zero-order chi connectivity index (χ0) is 18.3. The van der Waals surface area contributed by atoms with Gasteiger partial charge in [0.1, 0.15) is 11.1 Å². The third-order valence-electron chi connectivity index (χ3n) is 4.78. The molecule has 1 N–H and O–H groups in total. The summed E-state index contributed by atoms with van der Waals surface area (Å²) < 4.78 is 1.43. The quantitative estimate of drug-likeness (QED) is 0.911. The topological polar surface area (TPSA) is 62.5 Å². The summed E-state index contributed by atoms with van der Waals surface area (Å²) in [6.45, 7) is 4.17. The zero-order valence-electron chi connectivity index (χ0n) is 14.9. The molecule has 2 aromatic rings. The van der Waals surface area contributed by atoms with Gasteiger partial charge in [-0.25, -0.2) is 4.79 Å². The van der Waals surface area contributed by atoms with Crippen LogP contribution in [0.5, 0.6) is 0 Å². The lowest BCUT2D eigenvalue weighted by atomic mass is 9.97. The molecule has 5 nitrogen and oxygen atoms in total. The Bertz CT molecular complexity index is 902. The fraction of sp³-hybridized carbons (Fsp3) is 0.368. The van der Waals surface area contributed by atoms with Crippen LogP contribution in [-0.2, 0) is 11.2 Å². The van der Waals surface area contributed by atoms with Gasteiger partial charge in [-0.2, -0.15) is 0 Å². The molecule has 25 heavy (non-hydrogen) atoms. The monoisotopic (exact) mass is 358 g/mol. The van der Waals surface area contributed by atoms with Gasteiger partial charge in [0.25, 0.3) is 5.56 Å². The molecule has 3 rings (SSSR count). The highest BCUT2D eigenvalue weighted by Crippen LogP contribution is 2.40. The van der Waals surface area contributed by atoms with Crippen molar-refractivity contribution in [2.45, 2.75) is 31.3 Å². The second kappa shape index (κ2) is 6.59. The van der Waals surface area contributed by atoms with Crippen LogP contribution in [0.4, 0.5) is 5.69 Å². The predicted octanol–water partition coefficient (Wildman–Crippen LogP) is 2.85. The van der Waals surface area contributed by atoms with Crippen LogP contribution in [0.1, 0.15) is 28.3 Å². The zero-order valence-corrected chi connectivity index (χ0v) is 15.7. The summed E-state index contributed by atoms with van der Waals surface area (Å²) in [6, 6.07) is 7.00. The number of fused-ring (bicyclic) bond motifs is 1. The molecule has 1 aliphatic rings. The summed E-state index contributed by atoms with van der Waals surface area (Å²) in [7, 11) is 3.86. The summed E-state index contributed by atoms with van der Waals surface area (Å²) in [5.74, 6) is -0.571. The molecular weight excluding hydrogens is 336 g/mol. The Kier molecular flexibility index (Phi) is 4.64. The van der Waals surface area contributed by atoms with Gasteiger partial charge < -0.3 is 10.0 Å². The number of rotatable bonds is 4. The van der Waals surface area contributed by atoms with Crippen LogP contribution in [0.15, 0.2) is 34.1 Å². The minimum Gasteiger partial charge on any atom is -0.480 e. The largest absolute Gasteiger partial charge is 0.480 e. The number of pyridine rings is 1. The molecule has 0 aliphatic carbocycles. The first kappa shape index (κ1) is 17.6. The van der Waals surface area contributed by atoms with E-state index in [-0.39, 0.29) is 5.56 Å². The number of aliphatic carboxylic acids is 1. The molecule has 1 aliphatic heterocycles. The van der Waals surface area contributed by atoms with Crippen molar-refractivity contribution in [1.82, 2.24) is 4.57 Å². The first-order chi connectivity index (χ1) is 11.8. The van der Waals surface area contributed by atoms with Gasteiger partial charge in [0.05, 0.1) is 5.69 Å². The number of aryl methyl sites for hydroxylation is 1. The van der Waals surface area contributed by atoms with Crippen LogP contribution in [0.2, 0.25) is 0 Å². The highest BCUT2D eigenvalue weighted by atomic mass is 32.2. The summed E-state index contributed by atoms with van der Waals surface area (Å²) in [5.41, 5.74) is 5.28. The van der Waals surface area contributed by atoms with E-state index >= 15 is 0 Å². The molecule has 0 saturated heterocycles. The van der Waals surface area contributed by atoms with Crippen LogP contribution in [0, 0.1) is 13.8 Å². The number of carbonyl (C=O) groups is 1. The molecule has 1 aromatic carbocycles. The third-order valence-corrected chi connectivity index (χ3v) is 5.93. The molecule has 2 heterocycles. The number of nitrogens with zero attached hydrogens (tertiary/aromatic N) is 2. The Morgan fingerprint density at radius 2 is 2.04 bits per heavy atom. The molecule has 0 unspecified atom stereocenters. The van der Waals surface area contributed by atoms with Crippen molar-refractivity contribution < 1.29 is 9.90 Å². The number of carboxylic acids is 1. The molecular formula is C19H22N2O3S. The van der Waals surface area contributed by atoms with Gasteiger partial charge in [-0.15, -0.1) is 11.8 Å². The first-order valence-corrected chi connectivity index (χ1v) is 9.16. The summed E-state index contributed by atoms with van der Waals surface area (Å²) in [4.78, 5) is 26.1.